The highest BCUT2D eigenvalue weighted by Gasteiger charge is 2.40. The Morgan fingerprint density at radius 3 is 2.24 bits per heavy atom. The molecule has 1 saturated carbocycles. The summed E-state index contributed by atoms with van der Waals surface area (Å²) in [7, 11) is -4.28. The van der Waals surface area contributed by atoms with Gasteiger partial charge in [-0.25, -0.2) is 34.3 Å². The van der Waals surface area contributed by atoms with Crippen molar-refractivity contribution in [3.05, 3.63) is 83.8 Å². The number of hydroxylamine groups is 2. The van der Waals surface area contributed by atoms with Gasteiger partial charge in [-0.15, -0.1) is 5.06 Å². The Labute approximate surface area is 519 Å². The molecule has 10 N–H and O–H groups in total. The van der Waals surface area contributed by atoms with E-state index in [0.717, 1.165) is 18.2 Å². The Morgan fingerprint density at radius 1 is 0.767 bits per heavy atom. The average molecular weight is 1280 g/mol. The summed E-state index contributed by atoms with van der Waals surface area (Å²) in [5, 5.41) is 23.2. The first-order valence-electron chi connectivity index (χ1n) is 29.6. The number of benzene rings is 2. The van der Waals surface area contributed by atoms with E-state index in [1.54, 1.807) is 38.1 Å². The minimum absolute atomic E-state index is 0.0173. The van der Waals surface area contributed by atoms with Crippen molar-refractivity contribution in [3.63, 3.8) is 0 Å². The number of rotatable bonds is 36. The van der Waals surface area contributed by atoms with Gasteiger partial charge in [-0.3, -0.25) is 28.2 Å². The molecule has 3 heterocycles. The number of nitrogens with two attached hydrogens (primary N) is 2. The molecule has 0 spiro atoms. The van der Waals surface area contributed by atoms with Gasteiger partial charge in [0, 0.05) is 69.2 Å². The van der Waals surface area contributed by atoms with Gasteiger partial charge in [-0.2, -0.15) is 8.42 Å². The minimum Gasteiger partial charge on any atom is -0.445 e. The number of nitrogens with one attached hydrogen (secondary N) is 6. The highest BCUT2D eigenvalue weighted by atomic mass is 32.2. The van der Waals surface area contributed by atoms with E-state index in [4.69, 9.17) is 48.3 Å². The Balaban J connectivity index is 0.748. The Morgan fingerprint density at radius 2 is 1.50 bits per heavy atom. The molecular weight excluding hydrogens is 1200 g/mol. The number of anilines is 2. The van der Waals surface area contributed by atoms with Crippen LogP contribution in [0.25, 0.3) is 11.0 Å². The van der Waals surface area contributed by atoms with Crippen molar-refractivity contribution >= 4 is 86.6 Å². The number of aromatic nitrogens is 3. The fraction of sp³-hybridized carbons (Fsp3) is 0.534. The van der Waals surface area contributed by atoms with Crippen molar-refractivity contribution in [2.45, 2.75) is 121 Å². The average Bonchev–Trinajstić information content (AvgIpc) is 1.76. The van der Waals surface area contributed by atoms with Gasteiger partial charge in [0.1, 0.15) is 49.2 Å². The normalized spacial score (nSPS) is 17.7. The standard InChI is InChI=1S/C58H78N12O19S/c1-36(2)51(68-47(71)10-6-24-82-25-20-50(74)89-70-48(72)17-18-49(70)73)55(76)67-45(9-5-21-61-56(59)77)54(75)65-40-14-11-37(12-15-40)33-86-57(78)62-22-26-83-27-28-84-29-30-85-58(79)88-46-32-41(31-39(46)34-87-90(60,80)81)69-23-19-43-52(63-35-64-53(43)69)66-44-16-13-38-7-3-4-8-42(38)44/h3-4,7-8,11-12,14-15,19,23,35-36,39,41,44-46,51H,5-6,9-10,13,16-18,20-22,24-34H2,1-2H3,(H,62,78)(H,65,75)(H,67,76)(H,68,71)(H3,59,61,77)(H2,60,80,81)(H,63,64,66)/t39-,41+,44-,45+,46-,51+/m0/s1. The van der Waals surface area contributed by atoms with Crippen molar-refractivity contribution < 1.29 is 89.0 Å². The van der Waals surface area contributed by atoms with E-state index in [9.17, 15) is 51.6 Å². The van der Waals surface area contributed by atoms with Crippen LogP contribution < -0.4 is 42.8 Å². The van der Waals surface area contributed by atoms with Gasteiger partial charge >= 0.3 is 34.6 Å². The Bertz CT molecular complexity index is 3230. The summed E-state index contributed by atoms with van der Waals surface area (Å²) >= 11 is 0. The van der Waals surface area contributed by atoms with Crippen molar-refractivity contribution in [2.24, 2.45) is 22.7 Å². The number of imide groups is 1. The fourth-order valence-electron chi connectivity index (χ4n) is 10.3. The number of urea groups is 1. The van der Waals surface area contributed by atoms with Gasteiger partial charge in [-0.05, 0) is 79.3 Å². The molecular formula is C58H78N12O19S. The van der Waals surface area contributed by atoms with E-state index in [1.807, 2.05) is 29.0 Å². The summed E-state index contributed by atoms with van der Waals surface area (Å²) < 4.78 is 63.0. The van der Waals surface area contributed by atoms with Crippen molar-refractivity contribution in [2.75, 3.05) is 76.6 Å². The second-order valence-electron chi connectivity index (χ2n) is 21.7. The number of aryl methyl sites for hydroxylation is 1. The monoisotopic (exact) mass is 1280 g/mol. The molecule has 7 rings (SSSR count). The second-order valence-corrected chi connectivity index (χ2v) is 23.0. The van der Waals surface area contributed by atoms with Crippen LogP contribution in [0.2, 0.25) is 0 Å². The van der Waals surface area contributed by atoms with Gasteiger partial charge in [0.15, 0.2) is 0 Å². The number of alkyl carbamates (subject to hydrolysis) is 1. The molecule has 2 aromatic heterocycles. The van der Waals surface area contributed by atoms with Crippen LogP contribution in [0.15, 0.2) is 67.1 Å². The number of hydrogen-bond donors (Lipinski definition) is 8. The summed E-state index contributed by atoms with van der Waals surface area (Å²) in [6.45, 7) is 3.53. The lowest BCUT2D eigenvalue weighted by molar-refractivity contribution is -0.198. The third kappa shape index (κ3) is 21.9. The lowest BCUT2D eigenvalue weighted by Gasteiger charge is -2.25. The van der Waals surface area contributed by atoms with Crippen LogP contribution in [0.3, 0.4) is 0 Å². The Kier molecular flexibility index (Phi) is 26.4. The molecule has 3 aliphatic rings. The molecule has 0 unspecified atom stereocenters. The summed E-state index contributed by atoms with van der Waals surface area (Å²) in [6.07, 6.45) is 3.76. The van der Waals surface area contributed by atoms with E-state index in [2.05, 4.69) is 54.0 Å². The topological polar surface area (TPSA) is 420 Å². The van der Waals surface area contributed by atoms with Gasteiger partial charge < -0.3 is 75.5 Å². The number of primary amides is 1. The van der Waals surface area contributed by atoms with Crippen LogP contribution in [0.1, 0.15) is 107 Å². The summed E-state index contributed by atoms with van der Waals surface area (Å²) in [5.41, 5.74) is 9.34. The molecule has 2 aromatic carbocycles. The quantitative estimate of drug-likeness (QED) is 0.0184. The molecule has 31 nitrogen and oxygen atoms in total. The maximum absolute atomic E-state index is 13.6. The summed E-state index contributed by atoms with van der Waals surface area (Å²) in [4.78, 5) is 126. The first-order chi connectivity index (χ1) is 43.2. The van der Waals surface area contributed by atoms with Crippen LogP contribution in [0, 0.1) is 11.8 Å². The lowest BCUT2D eigenvalue weighted by atomic mass is 10.0. The van der Waals surface area contributed by atoms with Crippen molar-refractivity contribution in [3.8, 4) is 0 Å². The third-order valence-corrected chi connectivity index (χ3v) is 15.2. The second kappa shape index (κ2) is 34.4. The van der Waals surface area contributed by atoms with Crippen molar-refractivity contribution in [1.29, 1.82) is 0 Å². The molecule has 2 aliphatic carbocycles. The molecule has 0 bridgehead atoms. The van der Waals surface area contributed by atoms with Crippen molar-refractivity contribution in [1.82, 2.24) is 40.9 Å². The number of nitrogens with zero attached hydrogens (tertiary/aromatic N) is 4. The molecule has 1 saturated heterocycles. The lowest BCUT2D eigenvalue weighted by Crippen LogP contribution is -2.54. The first-order valence-corrected chi connectivity index (χ1v) is 31.1. The fourth-order valence-corrected chi connectivity index (χ4v) is 10.6. The van der Waals surface area contributed by atoms with E-state index >= 15 is 0 Å². The third-order valence-electron chi connectivity index (χ3n) is 14.8. The first kappa shape index (κ1) is 68.9. The van der Waals surface area contributed by atoms with E-state index in [1.165, 1.54) is 17.5 Å². The molecule has 4 aromatic rings. The Hall–Kier alpha value is -8.56. The number of ether oxygens (including phenoxy) is 6. The minimum atomic E-state index is -4.28. The number of hydrogen-bond acceptors (Lipinski definition) is 22. The highest BCUT2D eigenvalue weighted by molar-refractivity contribution is 7.84. The van der Waals surface area contributed by atoms with E-state index in [0.29, 0.717) is 40.6 Å². The van der Waals surface area contributed by atoms with Crippen LogP contribution in [-0.2, 0) is 89.5 Å². The maximum Gasteiger partial charge on any atom is 0.508 e. The molecule has 0 radical (unpaired) electrons. The molecule has 90 heavy (non-hydrogen) atoms. The number of amides is 8. The van der Waals surface area contributed by atoms with Gasteiger partial charge in [0.05, 0.1) is 57.5 Å². The van der Waals surface area contributed by atoms with E-state index in [-0.39, 0.29) is 130 Å². The smallest absolute Gasteiger partial charge is 0.445 e. The summed E-state index contributed by atoms with van der Waals surface area (Å²) in [6, 6.07) is 13.6. The number of fused-ring (bicyclic) bond motifs is 2. The SMILES string of the molecule is CC(C)[C@@H](NC(=O)CCCOCCC(=O)ON1C(=O)CCC1=O)C(=O)N[C@H](CCCNC(N)=O)C(=O)Nc1ccc(COC(=O)NCCOCCOCCOC(=O)O[C@H]2C[C@H](n3ccc4c(N[C@H]5CCc6ccccc65)ncnc43)C[C@H]2COS(N)(=O)=O)cc1. The molecule has 490 valence electrons. The zero-order valence-electron chi connectivity index (χ0n) is 50.1. The largest absolute Gasteiger partial charge is 0.508 e. The van der Waals surface area contributed by atoms with Gasteiger partial charge in [0.25, 0.3) is 11.8 Å². The van der Waals surface area contributed by atoms with Crippen LogP contribution in [0.4, 0.5) is 25.9 Å². The van der Waals surface area contributed by atoms with Crippen LogP contribution in [-0.4, -0.2) is 166 Å². The number of carbonyl (C=O) groups is 9. The summed E-state index contributed by atoms with van der Waals surface area (Å²) in [5.74, 6) is -3.95. The van der Waals surface area contributed by atoms with Crippen LogP contribution in [0.5, 0.6) is 0 Å². The van der Waals surface area contributed by atoms with Crippen LogP contribution >= 0.6 is 0 Å². The zero-order chi connectivity index (χ0) is 64.6. The predicted molar refractivity (Wildman–Crippen MR) is 318 cm³/mol. The molecule has 2 fully saturated rings. The zero-order valence-corrected chi connectivity index (χ0v) is 50.9. The highest BCUT2D eigenvalue weighted by Crippen LogP contribution is 2.41. The number of carbonyl (C=O) groups excluding carboxylic acids is 9. The molecule has 6 atom stereocenters. The van der Waals surface area contributed by atoms with Gasteiger partial charge in [0.2, 0.25) is 17.7 Å². The predicted octanol–water partition coefficient (Wildman–Crippen LogP) is 2.99. The maximum atomic E-state index is 13.6. The molecule has 32 heteroatoms. The van der Waals surface area contributed by atoms with E-state index < -0.39 is 94.1 Å². The molecule has 8 amide bonds. The molecule has 1 aliphatic heterocycles. The van der Waals surface area contributed by atoms with Gasteiger partial charge in [-0.1, -0.05) is 50.2 Å².